The van der Waals surface area contributed by atoms with Crippen LogP contribution >= 0.6 is 23.1 Å². The number of hydrogen-bond donors (Lipinski definition) is 1. The van der Waals surface area contributed by atoms with Crippen LogP contribution < -0.4 is 19.8 Å². The topological polar surface area (TPSA) is 124 Å². The van der Waals surface area contributed by atoms with E-state index in [9.17, 15) is 37.1 Å². The van der Waals surface area contributed by atoms with Crippen LogP contribution in [-0.2, 0) is 31.8 Å². The quantitative estimate of drug-likeness (QED) is 0.188. The molecule has 4 aromatic rings. The SMILES string of the molecule is CCOC(=O)c1ccc(N2C(=O)C3Sc4c(sc(=O)n4CC(=O)Nc4cccc(C(F)(F)F)c4)[C@@H](c4ccc(OC)cc4)C3C2=O)cc1. The number of carbonyl (C=O) groups is 4. The molecule has 0 saturated carbocycles. The summed E-state index contributed by atoms with van der Waals surface area (Å²) >= 11 is 1.83. The standard InChI is InChI=1S/C33H26F3N3O7S2/c1-3-46-31(43)18-7-11-21(12-8-18)39-28(41)25-24(17-9-13-22(45-2)14-10-17)27-30(47-26(25)29(39)42)38(32(44)48-27)16-23(40)37-20-6-4-5-19(15-20)33(34,35)36/h4-15,24-26H,3,16H2,1-2H3,(H,37,40)/t24-,25?,26?/m0/s1. The summed E-state index contributed by atoms with van der Waals surface area (Å²) < 4.78 is 51.1. The number of esters is 1. The summed E-state index contributed by atoms with van der Waals surface area (Å²) in [5.41, 5.74) is 0.0885. The molecule has 48 heavy (non-hydrogen) atoms. The second-order valence-corrected chi connectivity index (χ2v) is 13.0. The van der Waals surface area contributed by atoms with Crippen LogP contribution in [0.1, 0.15) is 39.2 Å². The lowest BCUT2D eigenvalue weighted by atomic mass is 9.83. The first-order valence-electron chi connectivity index (χ1n) is 14.6. The highest BCUT2D eigenvalue weighted by molar-refractivity contribution is 8.00. The van der Waals surface area contributed by atoms with Crippen LogP contribution in [0.15, 0.2) is 82.6 Å². The minimum absolute atomic E-state index is 0.100. The molecule has 3 aromatic carbocycles. The molecule has 3 atom stereocenters. The van der Waals surface area contributed by atoms with Crippen molar-refractivity contribution >= 4 is 58.2 Å². The maximum absolute atomic E-state index is 14.1. The Morgan fingerprint density at radius 1 is 0.958 bits per heavy atom. The van der Waals surface area contributed by atoms with Crippen LogP contribution in [0.3, 0.4) is 0 Å². The summed E-state index contributed by atoms with van der Waals surface area (Å²) in [6, 6.07) is 16.9. The first-order valence-corrected chi connectivity index (χ1v) is 16.3. The molecule has 2 aliphatic rings. The Morgan fingerprint density at radius 2 is 1.67 bits per heavy atom. The van der Waals surface area contributed by atoms with Crippen molar-refractivity contribution in [3.8, 4) is 5.75 Å². The monoisotopic (exact) mass is 697 g/mol. The molecule has 1 fully saturated rings. The zero-order valence-corrected chi connectivity index (χ0v) is 26.9. The maximum Gasteiger partial charge on any atom is 0.416 e. The second kappa shape index (κ2) is 13.0. The number of thiazole rings is 1. The molecule has 2 unspecified atom stereocenters. The Hall–Kier alpha value is -4.89. The summed E-state index contributed by atoms with van der Waals surface area (Å²) in [4.78, 5) is 67.7. The molecule has 1 saturated heterocycles. The van der Waals surface area contributed by atoms with E-state index >= 15 is 0 Å². The molecular formula is C33H26F3N3O7S2. The zero-order chi connectivity index (χ0) is 34.3. The Balaban J connectivity index is 1.35. The molecule has 0 spiro atoms. The average Bonchev–Trinajstić information content (AvgIpc) is 3.50. The molecule has 248 valence electrons. The maximum atomic E-state index is 14.1. The third kappa shape index (κ3) is 6.10. The molecule has 10 nitrogen and oxygen atoms in total. The van der Waals surface area contributed by atoms with Crippen molar-refractivity contribution in [3.05, 3.63) is 104 Å². The number of amides is 3. The number of anilines is 2. The van der Waals surface area contributed by atoms with Crippen LogP contribution in [0.2, 0.25) is 0 Å². The highest BCUT2D eigenvalue weighted by atomic mass is 32.2. The number of nitrogens with zero attached hydrogens (tertiary/aromatic N) is 2. The van der Waals surface area contributed by atoms with Crippen molar-refractivity contribution in [2.75, 3.05) is 23.9 Å². The van der Waals surface area contributed by atoms with Gasteiger partial charge in [-0.2, -0.15) is 13.2 Å². The lowest BCUT2D eigenvalue weighted by Crippen LogP contribution is -2.33. The van der Waals surface area contributed by atoms with Gasteiger partial charge in [-0.3, -0.25) is 23.7 Å². The van der Waals surface area contributed by atoms with E-state index in [4.69, 9.17) is 9.47 Å². The molecule has 3 amide bonds. The molecule has 1 aromatic heterocycles. The molecule has 0 aliphatic carbocycles. The van der Waals surface area contributed by atoms with Gasteiger partial charge in [0.2, 0.25) is 17.7 Å². The molecular weight excluding hydrogens is 672 g/mol. The predicted octanol–water partition coefficient (Wildman–Crippen LogP) is 5.55. The van der Waals surface area contributed by atoms with E-state index in [1.165, 1.54) is 42.0 Å². The number of alkyl halides is 3. The zero-order valence-electron chi connectivity index (χ0n) is 25.3. The van der Waals surface area contributed by atoms with Gasteiger partial charge in [0.25, 0.3) is 0 Å². The van der Waals surface area contributed by atoms with Gasteiger partial charge in [0, 0.05) is 16.5 Å². The van der Waals surface area contributed by atoms with Crippen molar-refractivity contribution in [2.45, 2.75) is 35.8 Å². The summed E-state index contributed by atoms with van der Waals surface area (Å²) in [7, 11) is 1.50. The largest absolute Gasteiger partial charge is 0.497 e. The fraction of sp³-hybridized carbons (Fsp3) is 0.242. The van der Waals surface area contributed by atoms with Gasteiger partial charge in [0.1, 0.15) is 17.5 Å². The molecule has 3 heterocycles. The van der Waals surface area contributed by atoms with Gasteiger partial charge >= 0.3 is 17.0 Å². The number of aromatic nitrogens is 1. The Kier molecular flexibility index (Phi) is 8.92. The third-order valence-corrected chi connectivity index (χ3v) is 10.5. The summed E-state index contributed by atoms with van der Waals surface area (Å²) in [6.07, 6.45) is -4.62. The number of carbonyl (C=O) groups excluding carboxylic acids is 4. The minimum atomic E-state index is -4.62. The number of benzene rings is 3. The van der Waals surface area contributed by atoms with Crippen molar-refractivity contribution in [2.24, 2.45) is 5.92 Å². The summed E-state index contributed by atoms with van der Waals surface area (Å²) in [6.45, 7) is 1.31. The number of ether oxygens (including phenoxy) is 2. The van der Waals surface area contributed by atoms with Gasteiger partial charge in [0.15, 0.2) is 0 Å². The summed E-state index contributed by atoms with van der Waals surface area (Å²) in [5, 5.41) is 1.75. The average molecular weight is 698 g/mol. The first-order chi connectivity index (χ1) is 22.9. The summed E-state index contributed by atoms with van der Waals surface area (Å²) in [5.74, 6) is -3.45. The minimum Gasteiger partial charge on any atom is -0.497 e. The lowest BCUT2D eigenvalue weighted by Gasteiger charge is -2.30. The van der Waals surface area contributed by atoms with Gasteiger partial charge in [0.05, 0.1) is 41.5 Å². The van der Waals surface area contributed by atoms with Crippen LogP contribution in [-0.4, -0.2) is 47.2 Å². The Labute approximate surface area is 279 Å². The van der Waals surface area contributed by atoms with Crippen molar-refractivity contribution in [3.63, 3.8) is 0 Å². The van der Waals surface area contributed by atoms with Gasteiger partial charge in [-0.15, -0.1) is 0 Å². The molecule has 2 aliphatic heterocycles. The highest BCUT2D eigenvalue weighted by Crippen LogP contribution is 2.54. The van der Waals surface area contributed by atoms with E-state index in [1.54, 1.807) is 31.2 Å². The van der Waals surface area contributed by atoms with Crippen molar-refractivity contribution in [1.29, 1.82) is 0 Å². The number of hydrogen-bond acceptors (Lipinski definition) is 9. The number of fused-ring (bicyclic) bond motifs is 2. The highest BCUT2D eigenvalue weighted by Gasteiger charge is 2.56. The number of halogens is 3. The number of thioether (sulfide) groups is 1. The van der Waals surface area contributed by atoms with Crippen molar-refractivity contribution < 1.29 is 41.8 Å². The van der Waals surface area contributed by atoms with Crippen LogP contribution in [0.5, 0.6) is 5.75 Å². The van der Waals surface area contributed by atoms with Gasteiger partial charge in [-0.05, 0) is 67.1 Å². The molecule has 0 radical (unpaired) electrons. The first kappa shape index (κ1) is 33.0. The van der Waals surface area contributed by atoms with Gasteiger partial charge in [-0.25, -0.2) is 9.69 Å². The van der Waals surface area contributed by atoms with E-state index in [0.717, 1.165) is 46.2 Å². The number of rotatable bonds is 8. The van der Waals surface area contributed by atoms with Crippen LogP contribution in [0.4, 0.5) is 24.5 Å². The fourth-order valence-corrected chi connectivity index (χ4v) is 8.53. The Morgan fingerprint density at radius 3 is 2.31 bits per heavy atom. The van der Waals surface area contributed by atoms with E-state index in [2.05, 4.69) is 5.32 Å². The Bertz CT molecular complexity index is 1970. The molecule has 1 N–H and O–H groups in total. The van der Waals surface area contributed by atoms with E-state index < -0.39 is 63.9 Å². The second-order valence-electron chi connectivity index (χ2n) is 10.8. The molecule has 0 bridgehead atoms. The third-order valence-electron chi connectivity index (χ3n) is 7.94. The number of nitrogens with one attached hydrogen (secondary N) is 1. The van der Waals surface area contributed by atoms with Crippen LogP contribution in [0, 0.1) is 5.92 Å². The van der Waals surface area contributed by atoms with E-state index in [0.29, 0.717) is 21.2 Å². The van der Waals surface area contributed by atoms with Crippen molar-refractivity contribution in [1.82, 2.24) is 4.57 Å². The fourth-order valence-electron chi connectivity index (χ4n) is 5.76. The molecule has 15 heteroatoms. The predicted molar refractivity (Wildman–Crippen MR) is 172 cm³/mol. The number of methoxy groups -OCH3 is 1. The lowest BCUT2D eigenvalue weighted by molar-refractivity contribution is -0.137. The van der Waals surface area contributed by atoms with Gasteiger partial charge < -0.3 is 14.8 Å². The molecule has 6 rings (SSSR count). The normalized spacial score (nSPS) is 18.7. The van der Waals surface area contributed by atoms with Crippen LogP contribution in [0.25, 0.3) is 0 Å². The smallest absolute Gasteiger partial charge is 0.416 e. The number of imide groups is 1. The van der Waals surface area contributed by atoms with E-state index in [-0.39, 0.29) is 23.5 Å². The van der Waals surface area contributed by atoms with E-state index in [1.807, 2.05) is 0 Å². The van der Waals surface area contributed by atoms with Gasteiger partial charge in [-0.1, -0.05) is 41.3 Å².